The van der Waals surface area contributed by atoms with Crippen molar-refractivity contribution in [2.75, 3.05) is 6.54 Å². The molecule has 70 valence electrons. The Labute approximate surface area is 74.7 Å². The summed E-state index contributed by atoms with van der Waals surface area (Å²) in [6.45, 7) is 5.20. The number of rotatable bonds is 4. The number of hydrogen-bond donors (Lipinski definition) is 1. The molecule has 0 aromatic heterocycles. The van der Waals surface area contributed by atoms with Crippen LogP contribution in [-0.4, -0.2) is 12.5 Å². The SMILES string of the molecule is CCCC1(CCC)CCNC1=O. The largest absolute Gasteiger partial charge is 0.356 e. The van der Waals surface area contributed by atoms with Crippen LogP contribution in [0.25, 0.3) is 0 Å². The number of amides is 1. The summed E-state index contributed by atoms with van der Waals surface area (Å²) in [5.74, 6) is 0.297. The topological polar surface area (TPSA) is 29.1 Å². The van der Waals surface area contributed by atoms with Crippen LogP contribution in [0.2, 0.25) is 0 Å². The van der Waals surface area contributed by atoms with Crippen molar-refractivity contribution in [3.05, 3.63) is 0 Å². The summed E-state index contributed by atoms with van der Waals surface area (Å²) in [6.07, 6.45) is 5.41. The van der Waals surface area contributed by atoms with Gasteiger partial charge in [-0.05, 0) is 19.3 Å². The van der Waals surface area contributed by atoms with Crippen molar-refractivity contribution in [2.24, 2.45) is 5.41 Å². The molecule has 0 bridgehead atoms. The maximum absolute atomic E-state index is 11.6. The van der Waals surface area contributed by atoms with Crippen LogP contribution in [0.4, 0.5) is 0 Å². The van der Waals surface area contributed by atoms with Gasteiger partial charge < -0.3 is 5.32 Å². The highest BCUT2D eigenvalue weighted by Gasteiger charge is 2.40. The fraction of sp³-hybridized carbons (Fsp3) is 0.900. The van der Waals surface area contributed by atoms with Crippen LogP contribution >= 0.6 is 0 Å². The molecule has 1 amide bonds. The fourth-order valence-corrected chi connectivity index (χ4v) is 2.28. The molecule has 1 saturated heterocycles. The third-order valence-electron chi connectivity index (χ3n) is 2.83. The molecule has 1 fully saturated rings. The van der Waals surface area contributed by atoms with Crippen LogP contribution in [0.1, 0.15) is 46.0 Å². The molecule has 1 heterocycles. The third kappa shape index (κ3) is 1.62. The Balaban J connectivity index is 2.63. The van der Waals surface area contributed by atoms with Crippen LogP contribution in [0, 0.1) is 5.41 Å². The van der Waals surface area contributed by atoms with Crippen LogP contribution in [0.5, 0.6) is 0 Å². The van der Waals surface area contributed by atoms with E-state index in [4.69, 9.17) is 0 Å². The first-order chi connectivity index (χ1) is 5.75. The molecule has 0 spiro atoms. The molecule has 1 aliphatic heterocycles. The maximum atomic E-state index is 11.6. The van der Waals surface area contributed by atoms with Gasteiger partial charge in [-0.1, -0.05) is 26.7 Å². The average molecular weight is 169 g/mol. The molecule has 2 heteroatoms. The fourth-order valence-electron chi connectivity index (χ4n) is 2.28. The van der Waals surface area contributed by atoms with Crippen molar-refractivity contribution in [2.45, 2.75) is 46.0 Å². The molecule has 0 radical (unpaired) electrons. The van der Waals surface area contributed by atoms with E-state index in [0.29, 0.717) is 5.91 Å². The predicted octanol–water partition coefficient (Wildman–Crippen LogP) is 2.09. The highest BCUT2D eigenvalue weighted by Crippen LogP contribution is 2.36. The minimum Gasteiger partial charge on any atom is -0.356 e. The summed E-state index contributed by atoms with van der Waals surface area (Å²) in [4.78, 5) is 11.6. The van der Waals surface area contributed by atoms with Gasteiger partial charge in [0.25, 0.3) is 0 Å². The van der Waals surface area contributed by atoms with Gasteiger partial charge in [-0.15, -0.1) is 0 Å². The van der Waals surface area contributed by atoms with E-state index in [1.165, 1.54) is 0 Å². The highest BCUT2D eigenvalue weighted by molar-refractivity contribution is 5.84. The molecule has 12 heavy (non-hydrogen) atoms. The van der Waals surface area contributed by atoms with E-state index in [1.54, 1.807) is 0 Å². The van der Waals surface area contributed by atoms with Crippen molar-refractivity contribution < 1.29 is 4.79 Å². The van der Waals surface area contributed by atoms with Gasteiger partial charge in [-0.25, -0.2) is 0 Å². The van der Waals surface area contributed by atoms with E-state index < -0.39 is 0 Å². The van der Waals surface area contributed by atoms with E-state index in [9.17, 15) is 4.79 Å². The van der Waals surface area contributed by atoms with E-state index >= 15 is 0 Å². The van der Waals surface area contributed by atoms with Gasteiger partial charge in [0.15, 0.2) is 0 Å². The minimum absolute atomic E-state index is 0.00347. The van der Waals surface area contributed by atoms with Gasteiger partial charge in [0, 0.05) is 6.54 Å². The summed E-state index contributed by atoms with van der Waals surface area (Å²) < 4.78 is 0. The zero-order chi connectivity index (χ0) is 9.03. The summed E-state index contributed by atoms with van der Waals surface area (Å²) in [5.41, 5.74) is 0.00347. The molecule has 0 atom stereocenters. The number of carbonyl (C=O) groups is 1. The lowest BCUT2D eigenvalue weighted by Gasteiger charge is -2.24. The van der Waals surface area contributed by atoms with E-state index in [2.05, 4.69) is 19.2 Å². The summed E-state index contributed by atoms with van der Waals surface area (Å²) in [7, 11) is 0. The van der Waals surface area contributed by atoms with E-state index in [-0.39, 0.29) is 5.41 Å². The zero-order valence-electron chi connectivity index (χ0n) is 8.15. The first kappa shape index (κ1) is 9.56. The molecular weight excluding hydrogens is 150 g/mol. The molecule has 1 rings (SSSR count). The number of nitrogens with one attached hydrogen (secondary N) is 1. The standard InChI is InChI=1S/C10H19NO/c1-3-5-10(6-4-2)7-8-11-9(10)12/h3-8H2,1-2H3,(H,11,12). The smallest absolute Gasteiger partial charge is 0.226 e. The summed E-state index contributed by atoms with van der Waals surface area (Å²) >= 11 is 0. The van der Waals surface area contributed by atoms with Crippen LogP contribution < -0.4 is 5.32 Å². The normalized spacial score (nSPS) is 21.0. The zero-order valence-corrected chi connectivity index (χ0v) is 8.15. The minimum atomic E-state index is 0.00347. The summed E-state index contributed by atoms with van der Waals surface area (Å²) in [5, 5.41) is 2.94. The Morgan fingerprint density at radius 1 is 1.33 bits per heavy atom. The maximum Gasteiger partial charge on any atom is 0.226 e. The van der Waals surface area contributed by atoms with Crippen molar-refractivity contribution in [3.8, 4) is 0 Å². The lowest BCUT2D eigenvalue weighted by molar-refractivity contribution is -0.128. The van der Waals surface area contributed by atoms with Crippen LogP contribution in [-0.2, 0) is 4.79 Å². The molecule has 0 aromatic carbocycles. The Morgan fingerprint density at radius 3 is 2.25 bits per heavy atom. The quantitative estimate of drug-likeness (QED) is 0.686. The first-order valence-electron chi connectivity index (χ1n) is 5.03. The van der Waals surface area contributed by atoms with Gasteiger partial charge in [-0.2, -0.15) is 0 Å². The van der Waals surface area contributed by atoms with Crippen molar-refractivity contribution >= 4 is 5.91 Å². The molecular formula is C10H19NO. The first-order valence-corrected chi connectivity index (χ1v) is 5.03. The number of hydrogen-bond acceptors (Lipinski definition) is 1. The van der Waals surface area contributed by atoms with Gasteiger partial charge in [0.2, 0.25) is 5.91 Å². The predicted molar refractivity (Wildman–Crippen MR) is 49.9 cm³/mol. The molecule has 2 nitrogen and oxygen atoms in total. The van der Waals surface area contributed by atoms with Gasteiger partial charge in [-0.3, -0.25) is 4.79 Å². The lowest BCUT2D eigenvalue weighted by atomic mass is 9.78. The number of carbonyl (C=O) groups excluding carboxylic acids is 1. The van der Waals surface area contributed by atoms with E-state index in [1.807, 2.05) is 0 Å². The highest BCUT2D eigenvalue weighted by atomic mass is 16.2. The van der Waals surface area contributed by atoms with Crippen molar-refractivity contribution in [1.82, 2.24) is 5.32 Å². The van der Waals surface area contributed by atoms with Crippen molar-refractivity contribution in [3.63, 3.8) is 0 Å². The second kappa shape index (κ2) is 3.92. The van der Waals surface area contributed by atoms with Gasteiger partial charge >= 0.3 is 0 Å². The van der Waals surface area contributed by atoms with Crippen LogP contribution in [0.15, 0.2) is 0 Å². The van der Waals surface area contributed by atoms with Gasteiger partial charge in [0.05, 0.1) is 5.41 Å². The molecule has 1 N–H and O–H groups in total. The molecule has 1 aliphatic rings. The van der Waals surface area contributed by atoms with Crippen molar-refractivity contribution in [1.29, 1.82) is 0 Å². The molecule has 0 aliphatic carbocycles. The second-order valence-electron chi connectivity index (χ2n) is 3.79. The second-order valence-corrected chi connectivity index (χ2v) is 3.79. The monoisotopic (exact) mass is 169 g/mol. The van der Waals surface area contributed by atoms with Crippen LogP contribution in [0.3, 0.4) is 0 Å². The molecule has 0 aromatic rings. The molecule has 0 unspecified atom stereocenters. The van der Waals surface area contributed by atoms with E-state index in [0.717, 1.165) is 38.6 Å². The Kier molecular flexibility index (Phi) is 3.12. The Morgan fingerprint density at radius 2 is 1.92 bits per heavy atom. The average Bonchev–Trinajstić information content (AvgIpc) is 2.35. The third-order valence-corrected chi connectivity index (χ3v) is 2.83. The molecule has 0 saturated carbocycles. The summed E-state index contributed by atoms with van der Waals surface area (Å²) in [6, 6.07) is 0. The Bertz CT molecular complexity index is 159. The Hall–Kier alpha value is -0.530. The van der Waals surface area contributed by atoms with Gasteiger partial charge in [0.1, 0.15) is 0 Å². The lowest BCUT2D eigenvalue weighted by Crippen LogP contribution is -2.30.